The summed E-state index contributed by atoms with van der Waals surface area (Å²) >= 11 is 0. The van der Waals surface area contributed by atoms with E-state index in [1.165, 1.54) is 25.0 Å². The molecule has 0 saturated heterocycles. The average Bonchev–Trinajstić information content (AvgIpc) is 2.48. The number of hydrogen-bond donors (Lipinski definition) is 4. The number of nitrogens with one attached hydrogen (secondary N) is 2. The summed E-state index contributed by atoms with van der Waals surface area (Å²) in [4.78, 5) is 13.9. The highest BCUT2D eigenvalue weighted by Crippen LogP contribution is 2.28. The summed E-state index contributed by atoms with van der Waals surface area (Å²) in [7, 11) is 0. The molecule has 2 aromatic rings. The molecule has 0 aliphatic rings. The first kappa shape index (κ1) is 15.5. The van der Waals surface area contributed by atoms with Gasteiger partial charge in [-0.3, -0.25) is 4.79 Å². The molecule has 0 amide bonds. The maximum absolute atomic E-state index is 11.3. The minimum absolute atomic E-state index is 0.00885. The van der Waals surface area contributed by atoms with E-state index in [9.17, 15) is 15.0 Å². The number of aromatic nitrogens is 1. The second-order valence-electron chi connectivity index (χ2n) is 5.21. The number of H-pyrrole nitrogens is 1. The first-order valence-corrected chi connectivity index (χ1v) is 7.37. The number of hydrogen-bond acceptors (Lipinski definition) is 4. The lowest BCUT2D eigenvalue weighted by atomic mass is 10.0. The van der Waals surface area contributed by atoms with Crippen LogP contribution in [0.25, 0.3) is 10.9 Å². The van der Waals surface area contributed by atoms with Gasteiger partial charge in [-0.05, 0) is 30.7 Å². The van der Waals surface area contributed by atoms with Crippen LogP contribution < -0.4 is 10.9 Å². The normalized spacial score (nSPS) is 12.7. The number of benzene rings is 1. The van der Waals surface area contributed by atoms with Gasteiger partial charge in [0.1, 0.15) is 5.75 Å². The summed E-state index contributed by atoms with van der Waals surface area (Å²) in [5, 5.41) is 24.0. The molecule has 0 unspecified atom stereocenters. The Morgan fingerprint density at radius 2 is 2.05 bits per heavy atom. The Morgan fingerprint density at radius 1 is 1.24 bits per heavy atom. The van der Waals surface area contributed by atoms with E-state index >= 15 is 0 Å². The summed E-state index contributed by atoms with van der Waals surface area (Å²) in [5.74, 6) is 0.00885. The summed E-state index contributed by atoms with van der Waals surface area (Å²) in [6.45, 7) is 3.47. The van der Waals surface area contributed by atoms with Gasteiger partial charge in [0.2, 0.25) is 5.56 Å². The largest absolute Gasteiger partial charge is 0.506 e. The Morgan fingerprint density at radius 3 is 2.81 bits per heavy atom. The Kier molecular flexibility index (Phi) is 5.36. The Balaban J connectivity index is 2.14. The number of aromatic amines is 1. The van der Waals surface area contributed by atoms with Gasteiger partial charge in [-0.15, -0.1) is 0 Å². The zero-order valence-electron chi connectivity index (χ0n) is 12.2. The molecule has 0 fully saturated rings. The molecule has 1 aromatic heterocycles. The lowest BCUT2D eigenvalue weighted by Crippen LogP contribution is -2.22. The molecule has 1 aromatic carbocycles. The molecule has 0 radical (unpaired) electrons. The lowest BCUT2D eigenvalue weighted by Gasteiger charge is -2.15. The Labute approximate surface area is 123 Å². The van der Waals surface area contributed by atoms with Crippen molar-refractivity contribution in [1.82, 2.24) is 10.3 Å². The van der Waals surface area contributed by atoms with Crippen LogP contribution in [0.5, 0.6) is 5.75 Å². The van der Waals surface area contributed by atoms with Crippen LogP contribution in [-0.2, 0) is 0 Å². The fourth-order valence-electron chi connectivity index (χ4n) is 2.40. The minimum atomic E-state index is -0.680. The number of phenolic OH excluding ortho intramolecular Hbond substituents is 1. The zero-order chi connectivity index (χ0) is 15.2. The Hall–Kier alpha value is -1.85. The molecule has 0 bridgehead atoms. The molecule has 0 aliphatic carbocycles. The fraction of sp³-hybridized carbons (Fsp3) is 0.438. The molecule has 0 saturated carbocycles. The van der Waals surface area contributed by atoms with Crippen LogP contribution in [0.1, 0.15) is 37.9 Å². The molecule has 1 heterocycles. The zero-order valence-corrected chi connectivity index (χ0v) is 12.2. The number of phenols is 1. The molecule has 4 N–H and O–H groups in total. The molecule has 1 atom stereocenters. The van der Waals surface area contributed by atoms with Crippen molar-refractivity contribution in [2.75, 3.05) is 13.1 Å². The first-order valence-electron chi connectivity index (χ1n) is 7.37. The smallest absolute Gasteiger partial charge is 0.248 e. The van der Waals surface area contributed by atoms with Crippen molar-refractivity contribution in [3.63, 3.8) is 0 Å². The van der Waals surface area contributed by atoms with Crippen LogP contribution in [0.15, 0.2) is 29.1 Å². The van der Waals surface area contributed by atoms with Gasteiger partial charge in [-0.25, -0.2) is 0 Å². The fourth-order valence-corrected chi connectivity index (χ4v) is 2.40. The third-order valence-electron chi connectivity index (χ3n) is 3.56. The molecule has 0 spiro atoms. The number of aliphatic hydroxyl groups excluding tert-OH is 1. The van der Waals surface area contributed by atoms with Crippen LogP contribution in [0.2, 0.25) is 0 Å². The SMILES string of the molecule is CCCCCNC[C@@H](O)c1ccc(O)c2[nH]c(=O)ccc12. The van der Waals surface area contributed by atoms with Gasteiger partial charge in [0, 0.05) is 18.0 Å². The highest BCUT2D eigenvalue weighted by Gasteiger charge is 2.13. The van der Waals surface area contributed by atoms with Crippen molar-refractivity contribution in [1.29, 1.82) is 0 Å². The number of unbranched alkanes of at least 4 members (excludes halogenated alkanes) is 2. The van der Waals surface area contributed by atoms with Crippen molar-refractivity contribution in [2.45, 2.75) is 32.3 Å². The standard InChI is InChI=1S/C16H22N2O3/c1-2-3-4-9-17-10-14(20)11-5-7-13(19)16-12(11)6-8-15(21)18-16/h5-8,14,17,19-20H,2-4,9-10H2,1H3,(H,18,21)/t14-/m1/s1. The maximum Gasteiger partial charge on any atom is 0.248 e. The summed E-state index contributed by atoms with van der Waals surface area (Å²) in [6.07, 6.45) is 2.75. The minimum Gasteiger partial charge on any atom is -0.506 e. The molecule has 5 heteroatoms. The van der Waals surface area contributed by atoms with Crippen LogP contribution in [0, 0.1) is 0 Å². The summed E-state index contributed by atoms with van der Waals surface area (Å²) in [5.41, 5.74) is 0.786. The van der Waals surface area contributed by atoms with Crippen LogP contribution in [0.3, 0.4) is 0 Å². The molecule has 114 valence electrons. The van der Waals surface area contributed by atoms with Crippen molar-refractivity contribution >= 4 is 10.9 Å². The number of pyridine rings is 1. The summed E-state index contributed by atoms with van der Waals surface area (Å²) < 4.78 is 0. The van der Waals surface area contributed by atoms with Gasteiger partial charge in [-0.1, -0.05) is 25.8 Å². The predicted molar refractivity (Wildman–Crippen MR) is 83.6 cm³/mol. The number of aliphatic hydroxyl groups is 1. The van der Waals surface area contributed by atoms with E-state index in [4.69, 9.17) is 0 Å². The van der Waals surface area contributed by atoms with Gasteiger partial charge in [0.25, 0.3) is 0 Å². The molecule has 5 nitrogen and oxygen atoms in total. The highest BCUT2D eigenvalue weighted by molar-refractivity contribution is 5.87. The molecular weight excluding hydrogens is 268 g/mol. The second kappa shape index (κ2) is 7.24. The van der Waals surface area contributed by atoms with Crippen molar-refractivity contribution in [3.05, 3.63) is 40.2 Å². The van der Waals surface area contributed by atoms with Crippen molar-refractivity contribution in [3.8, 4) is 5.75 Å². The van der Waals surface area contributed by atoms with E-state index in [0.717, 1.165) is 13.0 Å². The molecule has 2 rings (SSSR count). The quantitative estimate of drug-likeness (QED) is 0.588. The van der Waals surface area contributed by atoms with E-state index in [-0.39, 0.29) is 11.3 Å². The predicted octanol–water partition coefficient (Wildman–Crippen LogP) is 2.05. The monoisotopic (exact) mass is 290 g/mol. The van der Waals surface area contributed by atoms with Crippen LogP contribution in [0.4, 0.5) is 0 Å². The van der Waals surface area contributed by atoms with E-state index in [0.29, 0.717) is 23.0 Å². The number of fused-ring (bicyclic) bond motifs is 1. The van der Waals surface area contributed by atoms with E-state index in [1.54, 1.807) is 12.1 Å². The van der Waals surface area contributed by atoms with Gasteiger partial charge < -0.3 is 20.5 Å². The number of aromatic hydroxyl groups is 1. The molecule has 0 aliphatic heterocycles. The van der Waals surface area contributed by atoms with E-state index in [2.05, 4.69) is 17.2 Å². The third kappa shape index (κ3) is 3.83. The van der Waals surface area contributed by atoms with Crippen LogP contribution in [-0.4, -0.2) is 28.3 Å². The topological polar surface area (TPSA) is 85.3 Å². The van der Waals surface area contributed by atoms with E-state index < -0.39 is 6.10 Å². The van der Waals surface area contributed by atoms with Gasteiger partial charge in [0.15, 0.2) is 0 Å². The third-order valence-corrected chi connectivity index (χ3v) is 3.56. The molecular formula is C16H22N2O3. The van der Waals surface area contributed by atoms with Gasteiger partial charge >= 0.3 is 0 Å². The summed E-state index contributed by atoms with van der Waals surface area (Å²) in [6, 6.07) is 6.21. The average molecular weight is 290 g/mol. The lowest BCUT2D eigenvalue weighted by molar-refractivity contribution is 0.176. The molecule has 21 heavy (non-hydrogen) atoms. The second-order valence-corrected chi connectivity index (χ2v) is 5.21. The van der Waals surface area contributed by atoms with Crippen molar-refractivity contribution < 1.29 is 10.2 Å². The van der Waals surface area contributed by atoms with E-state index in [1.807, 2.05) is 0 Å². The first-order chi connectivity index (χ1) is 10.1. The van der Waals surface area contributed by atoms with Crippen molar-refractivity contribution in [2.24, 2.45) is 0 Å². The number of rotatable bonds is 7. The van der Waals surface area contributed by atoms with Gasteiger partial charge in [-0.2, -0.15) is 0 Å². The highest BCUT2D eigenvalue weighted by atomic mass is 16.3. The van der Waals surface area contributed by atoms with Gasteiger partial charge in [0.05, 0.1) is 11.6 Å². The Bertz CT molecular complexity index is 652. The maximum atomic E-state index is 11.3. The van der Waals surface area contributed by atoms with Crippen LogP contribution >= 0.6 is 0 Å².